The Kier molecular flexibility index (Phi) is 4.87. The van der Waals surface area contributed by atoms with Crippen LogP contribution in [0.3, 0.4) is 0 Å². The lowest BCUT2D eigenvalue weighted by molar-refractivity contribution is 0.187. The third-order valence-corrected chi connectivity index (χ3v) is 3.83. The van der Waals surface area contributed by atoms with Gasteiger partial charge in [-0.3, -0.25) is 4.90 Å². The highest BCUT2D eigenvalue weighted by molar-refractivity contribution is 6.30. The summed E-state index contributed by atoms with van der Waals surface area (Å²) in [7, 11) is 2.14. The number of hydrogen-bond acceptors (Lipinski definition) is 3. The molecule has 0 radical (unpaired) electrons. The molecule has 2 rings (SSSR count). The van der Waals surface area contributed by atoms with Crippen molar-refractivity contribution >= 4 is 17.3 Å². The van der Waals surface area contributed by atoms with Gasteiger partial charge in [0.05, 0.1) is 0 Å². The molecule has 1 N–H and O–H groups in total. The second kappa shape index (κ2) is 6.41. The molecular weight excluding hydrogens is 246 g/mol. The van der Waals surface area contributed by atoms with Crippen LogP contribution in [-0.2, 0) is 0 Å². The van der Waals surface area contributed by atoms with E-state index in [1.165, 1.54) is 5.69 Å². The largest absolute Gasteiger partial charge is 0.373 e. The first-order valence-electron chi connectivity index (χ1n) is 6.58. The molecule has 100 valence electrons. The minimum Gasteiger partial charge on any atom is -0.373 e. The Morgan fingerprint density at radius 2 is 1.89 bits per heavy atom. The Morgan fingerprint density at radius 1 is 1.28 bits per heavy atom. The van der Waals surface area contributed by atoms with E-state index in [4.69, 9.17) is 11.6 Å². The Labute approximate surface area is 115 Å². The average molecular weight is 268 g/mol. The summed E-state index contributed by atoms with van der Waals surface area (Å²) in [6.45, 7) is 7.86. The van der Waals surface area contributed by atoms with Gasteiger partial charge in [0.25, 0.3) is 0 Å². The summed E-state index contributed by atoms with van der Waals surface area (Å²) in [5.41, 5.74) is 1.22. The molecule has 0 saturated carbocycles. The number of halogens is 1. The highest BCUT2D eigenvalue weighted by atomic mass is 35.5. The van der Waals surface area contributed by atoms with E-state index in [2.05, 4.69) is 41.2 Å². The topological polar surface area (TPSA) is 18.5 Å². The Hall–Kier alpha value is -0.770. The molecule has 1 aliphatic heterocycles. The quantitative estimate of drug-likeness (QED) is 0.901. The van der Waals surface area contributed by atoms with E-state index >= 15 is 0 Å². The Bertz CT molecular complexity index is 360. The third kappa shape index (κ3) is 3.61. The summed E-state index contributed by atoms with van der Waals surface area (Å²) in [5, 5.41) is 4.18. The second-order valence-electron chi connectivity index (χ2n) is 4.99. The summed E-state index contributed by atoms with van der Waals surface area (Å²) in [4.78, 5) is 4.84. The molecule has 1 heterocycles. The summed E-state index contributed by atoms with van der Waals surface area (Å²) >= 11 is 5.91. The summed E-state index contributed by atoms with van der Waals surface area (Å²) in [5.74, 6) is 0. The van der Waals surface area contributed by atoms with E-state index in [0.29, 0.717) is 6.04 Å². The van der Waals surface area contributed by atoms with Crippen molar-refractivity contribution in [3.05, 3.63) is 29.3 Å². The molecule has 18 heavy (non-hydrogen) atoms. The van der Waals surface area contributed by atoms with Gasteiger partial charge >= 0.3 is 0 Å². The van der Waals surface area contributed by atoms with Crippen LogP contribution in [0.2, 0.25) is 5.02 Å². The Balaban J connectivity index is 1.89. The SMILES string of the molecule is CC(CN(C)c1ccc(Cl)cc1)N1CCNCC1. The average Bonchev–Trinajstić information content (AvgIpc) is 2.40. The number of benzene rings is 1. The van der Waals surface area contributed by atoms with Crippen molar-refractivity contribution in [1.82, 2.24) is 10.2 Å². The van der Waals surface area contributed by atoms with Gasteiger partial charge in [-0.2, -0.15) is 0 Å². The first-order valence-corrected chi connectivity index (χ1v) is 6.96. The number of rotatable bonds is 4. The van der Waals surface area contributed by atoms with Crippen molar-refractivity contribution in [2.75, 3.05) is 44.7 Å². The molecule has 0 amide bonds. The molecule has 1 atom stereocenters. The van der Waals surface area contributed by atoms with Crippen LogP contribution in [0, 0.1) is 0 Å². The predicted octanol–water partition coefficient (Wildman–Crippen LogP) is 2.07. The fourth-order valence-corrected chi connectivity index (χ4v) is 2.56. The molecule has 1 saturated heterocycles. The van der Waals surface area contributed by atoms with Gasteiger partial charge in [0.1, 0.15) is 0 Å². The van der Waals surface area contributed by atoms with Gasteiger partial charge < -0.3 is 10.2 Å². The van der Waals surface area contributed by atoms with Crippen LogP contribution in [-0.4, -0.2) is 50.7 Å². The smallest absolute Gasteiger partial charge is 0.0407 e. The van der Waals surface area contributed by atoms with Crippen molar-refractivity contribution in [3.63, 3.8) is 0 Å². The van der Waals surface area contributed by atoms with Gasteiger partial charge in [-0.25, -0.2) is 0 Å². The number of nitrogens with one attached hydrogen (secondary N) is 1. The maximum absolute atomic E-state index is 5.91. The van der Waals surface area contributed by atoms with Crippen LogP contribution in [0.1, 0.15) is 6.92 Å². The molecule has 4 heteroatoms. The van der Waals surface area contributed by atoms with Crippen LogP contribution < -0.4 is 10.2 Å². The number of likely N-dealkylation sites (N-methyl/N-ethyl adjacent to an activating group) is 1. The highest BCUT2D eigenvalue weighted by Crippen LogP contribution is 2.17. The normalized spacial score (nSPS) is 18.6. The van der Waals surface area contributed by atoms with E-state index in [9.17, 15) is 0 Å². The van der Waals surface area contributed by atoms with Gasteiger partial charge in [0, 0.05) is 56.5 Å². The molecule has 1 unspecified atom stereocenters. The van der Waals surface area contributed by atoms with Crippen LogP contribution in [0.4, 0.5) is 5.69 Å². The van der Waals surface area contributed by atoms with E-state index < -0.39 is 0 Å². The first kappa shape index (κ1) is 13.7. The first-order chi connectivity index (χ1) is 8.66. The van der Waals surface area contributed by atoms with Crippen molar-refractivity contribution in [2.24, 2.45) is 0 Å². The van der Waals surface area contributed by atoms with Gasteiger partial charge in [-0.05, 0) is 31.2 Å². The summed E-state index contributed by atoms with van der Waals surface area (Å²) in [6.07, 6.45) is 0. The van der Waals surface area contributed by atoms with Crippen LogP contribution in [0.25, 0.3) is 0 Å². The molecular formula is C14H22ClN3. The van der Waals surface area contributed by atoms with Gasteiger partial charge in [0.2, 0.25) is 0 Å². The van der Waals surface area contributed by atoms with Crippen LogP contribution in [0.5, 0.6) is 0 Å². The van der Waals surface area contributed by atoms with Gasteiger partial charge in [-0.15, -0.1) is 0 Å². The van der Waals surface area contributed by atoms with Crippen molar-refractivity contribution < 1.29 is 0 Å². The number of hydrogen-bond donors (Lipinski definition) is 1. The monoisotopic (exact) mass is 267 g/mol. The van der Waals surface area contributed by atoms with Gasteiger partial charge in [0.15, 0.2) is 0 Å². The maximum atomic E-state index is 5.91. The number of anilines is 1. The standard InChI is InChI=1S/C14H22ClN3/c1-12(18-9-7-16-8-10-18)11-17(2)14-5-3-13(15)4-6-14/h3-6,12,16H,7-11H2,1-2H3. The summed E-state index contributed by atoms with van der Waals surface area (Å²) < 4.78 is 0. The predicted molar refractivity (Wildman–Crippen MR) is 78.6 cm³/mol. The summed E-state index contributed by atoms with van der Waals surface area (Å²) in [6, 6.07) is 8.62. The Morgan fingerprint density at radius 3 is 2.50 bits per heavy atom. The lowest BCUT2D eigenvalue weighted by Crippen LogP contribution is -2.50. The molecule has 1 aliphatic rings. The zero-order chi connectivity index (χ0) is 13.0. The zero-order valence-corrected chi connectivity index (χ0v) is 12.0. The van der Waals surface area contributed by atoms with Crippen LogP contribution in [0.15, 0.2) is 24.3 Å². The second-order valence-corrected chi connectivity index (χ2v) is 5.43. The highest BCUT2D eigenvalue weighted by Gasteiger charge is 2.17. The van der Waals surface area contributed by atoms with E-state index in [1.807, 2.05) is 12.1 Å². The molecule has 1 aromatic carbocycles. The number of piperazine rings is 1. The van der Waals surface area contributed by atoms with E-state index in [0.717, 1.165) is 37.7 Å². The molecule has 0 aliphatic carbocycles. The lowest BCUT2D eigenvalue weighted by atomic mass is 10.2. The minimum absolute atomic E-state index is 0.577. The van der Waals surface area contributed by atoms with E-state index in [1.54, 1.807) is 0 Å². The molecule has 0 bridgehead atoms. The van der Waals surface area contributed by atoms with Crippen molar-refractivity contribution in [1.29, 1.82) is 0 Å². The molecule has 1 fully saturated rings. The number of nitrogens with zero attached hydrogens (tertiary/aromatic N) is 2. The fourth-order valence-electron chi connectivity index (χ4n) is 2.44. The zero-order valence-electron chi connectivity index (χ0n) is 11.2. The van der Waals surface area contributed by atoms with Crippen molar-refractivity contribution in [3.8, 4) is 0 Å². The molecule has 0 aromatic heterocycles. The van der Waals surface area contributed by atoms with Crippen molar-refractivity contribution in [2.45, 2.75) is 13.0 Å². The lowest BCUT2D eigenvalue weighted by Gasteiger charge is -2.35. The van der Waals surface area contributed by atoms with Crippen LogP contribution >= 0.6 is 11.6 Å². The molecule has 1 aromatic rings. The maximum Gasteiger partial charge on any atom is 0.0407 e. The fraction of sp³-hybridized carbons (Fsp3) is 0.571. The van der Waals surface area contributed by atoms with E-state index in [-0.39, 0.29) is 0 Å². The minimum atomic E-state index is 0.577. The molecule has 0 spiro atoms. The van der Waals surface area contributed by atoms with Gasteiger partial charge in [-0.1, -0.05) is 11.6 Å². The molecule has 3 nitrogen and oxygen atoms in total. The third-order valence-electron chi connectivity index (χ3n) is 3.58.